The van der Waals surface area contributed by atoms with E-state index in [4.69, 9.17) is 4.74 Å². The minimum absolute atomic E-state index is 0.0307. The molecule has 0 heterocycles. The van der Waals surface area contributed by atoms with Crippen LogP contribution in [-0.2, 0) is 16.4 Å². The second-order valence-corrected chi connectivity index (χ2v) is 6.31. The van der Waals surface area contributed by atoms with E-state index in [9.17, 15) is 12.8 Å². The van der Waals surface area contributed by atoms with Crippen molar-refractivity contribution < 1.29 is 17.5 Å². The highest BCUT2D eigenvalue weighted by Gasteiger charge is 2.05. The van der Waals surface area contributed by atoms with Crippen LogP contribution in [0.1, 0.15) is 12.5 Å². The summed E-state index contributed by atoms with van der Waals surface area (Å²) in [5, 5.41) is 3.08. The van der Waals surface area contributed by atoms with Gasteiger partial charge in [0.25, 0.3) is 0 Å². The third-order valence-electron chi connectivity index (χ3n) is 2.23. The van der Waals surface area contributed by atoms with Crippen LogP contribution < -0.4 is 10.1 Å². The lowest BCUT2D eigenvalue weighted by molar-refractivity contribution is 0.338. The summed E-state index contributed by atoms with van der Waals surface area (Å²) in [5.41, 5.74) is 0.770. The lowest BCUT2D eigenvalue weighted by atomic mass is 10.2. The van der Waals surface area contributed by atoms with Crippen LogP contribution in [0.25, 0.3) is 0 Å². The first-order valence-electron chi connectivity index (χ1n) is 5.71. The van der Waals surface area contributed by atoms with Gasteiger partial charge < -0.3 is 10.1 Å². The van der Waals surface area contributed by atoms with Crippen LogP contribution in [0.4, 0.5) is 4.39 Å². The standard InChI is InChI=1S/C12H18FNO3S/c1-3-14-9-10-6-11(13)8-12(7-10)17-4-5-18(2,15)16/h6-8,14H,3-5,9H2,1-2H3. The van der Waals surface area contributed by atoms with Gasteiger partial charge in [0, 0.05) is 18.9 Å². The second-order valence-electron chi connectivity index (χ2n) is 4.05. The maximum absolute atomic E-state index is 13.3. The van der Waals surface area contributed by atoms with Crippen molar-refractivity contribution in [3.63, 3.8) is 0 Å². The van der Waals surface area contributed by atoms with E-state index < -0.39 is 9.84 Å². The summed E-state index contributed by atoms with van der Waals surface area (Å²) >= 11 is 0. The van der Waals surface area contributed by atoms with E-state index in [1.807, 2.05) is 6.92 Å². The van der Waals surface area contributed by atoms with E-state index in [1.165, 1.54) is 12.1 Å². The Morgan fingerprint density at radius 2 is 2.06 bits per heavy atom. The highest BCUT2D eigenvalue weighted by atomic mass is 32.2. The summed E-state index contributed by atoms with van der Waals surface area (Å²) in [6, 6.07) is 4.37. The summed E-state index contributed by atoms with van der Waals surface area (Å²) in [4.78, 5) is 0. The lowest BCUT2D eigenvalue weighted by Gasteiger charge is -2.08. The van der Waals surface area contributed by atoms with Crippen LogP contribution in [0.15, 0.2) is 18.2 Å². The zero-order valence-corrected chi connectivity index (χ0v) is 11.4. The summed E-state index contributed by atoms with van der Waals surface area (Å²) in [7, 11) is -3.06. The summed E-state index contributed by atoms with van der Waals surface area (Å²) < 4.78 is 40.4. The zero-order valence-electron chi connectivity index (χ0n) is 10.6. The molecule has 0 fully saturated rings. The Morgan fingerprint density at radius 3 is 2.67 bits per heavy atom. The summed E-state index contributed by atoms with van der Waals surface area (Å²) in [6.07, 6.45) is 1.14. The Labute approximate surface area is 107 Å². The van der Waals surface area contributed by atoms with Crippen molar-refractivity contribution in [1.82, 2.24) is 5.32 Å². The molecule has 0 radical (unpaired) electrons. The average Bonchev–Trinajstić information content (AvgIpc) is 2.24. The Bertz CT molecular complexity index is 488. The topological polar surface area (TPSA) is 55.4 Å². The molecule has 6 heteroatoms. The molecule has 0 amide bonds. The first-order chi connectivity index (χ1) is 8.40. The molecule has 0 atom stereocenters. The van der Waals surface area contributed by atoms with Gasteiger partial charge in [-0.3, -0.25) is 0 Å². The lowest BCUT2D eigenvalue weighted by Crippen LogP contribution is -2.13. The first-order valence-corrected chi connectivity index (χ1v) is 7.77. The summed E-state index contributed by atoms with van der Waals surface area (Å²) in [5.74, 6) is -0.113. The molecule has 1 aromatic carbocycles. The fourth-order valence-electron chi connectivity index (χ4n) is 1.39. The third kappa shape index (κ3) is 5.97. The number of hydrogen-bond acceptors (Lipinski definition) is 4. The van der Waals surface area contributed by atoms with E-state index in [1.54, 1.807) is 6.07 Å². The number of halogens is 1. The number of benzene rings is 1. The highest BCUT2D eigenvalue weighted by molar-refractivity contribution is 7.90. The predicted molar refractivity (Wildman–Crippen MR) is 69.0 cm³/mol. The van der Waals surface area contributed by atoms with Gasteiger partial charge in [-0.1, -0.05) is 6.92 Å². The van der Waals surface area contributed by atoms with Crippen molar-refractivity contribution in [2.24, 2.45) is 0 Å². The molecular weight excluding hydrogens is 257 g/mol. The van der Waals surface area contributed by atoms with Crippen LogP contribution >= 0.6 is 0 Å². The molecule has 1 N–H and O–H groups in total. The minimum Gasteiger partial charge on any atom is -0.492 e. The van der Waals surface area contributed by atoms with Crippen molar-refractivity contribution in [1.29, 1.82) is 0 Å². The van der Waals surface area contributed by atoms with Gasteiger partial charge in [0.2, 0.25) is 0 Å². The van der Waals surface area contributed by atoms with Crippen molar-refractivity contribution in [3.8, 4) is 5.75 Å². The SMILES string of the molecule is CCNCc1cc(F)cc(OCCS(C)(=O)=O)c1. The van der Waals surface area contributed by atoms with Gasteiger partial charge in [-0.25, -0.2) is 12.8 Å². The van der Waals surface area contributed by atoms with Crippen LogP contribution in [0.3, 0.4) is 0 Å². The number of rotatable bonds is 7. The van der Waals surface area contributed by atoms with Gasteiger partial charge in [0.15, 0.2) is 9.84 Å². The van der Waals surface area contributed by atoms with Crippen molar-refractivity contribution in [2.75, 3.05) is 25.2 Å². The summed E-state index contributed by atoms with van der Waals surface area (Å²) in [6.45, 7) is 3.34. The highest BCUT2D eigenvalue weighted by Crippen LogP contribution is 2.16. The Hall–Kier alpha value is -1.14. The molecular formula is C12H18FNO3S. The Morgan fingerprint density at radius 1 is 1.33 bits per heavy atom. The van der Waals surface area contributed by atoms with Crippen LogP contribution in [0.5, 0.6) is 5.75 Å². The fraction of sp³-hybridized carbons (Fsp3) is 0.500. The van der Waals surface area contributed by atoms with E-state index in [0.717, 1.165) is 18.4 Å². The molecule has 1 rings (SSSR count). The number of hydrogen-bond donors (Lipinski definition) is 1. The van der Waals surface area contributed by atoms with Crippen molar-refractivity contribution >= 4 is 9.84 Å². The molecule has 0 saturated carbocycles. The van der Waals surface area contributed by atoms with E-state index in [2.05, 4.69) is 5.32 Å². The Balaban J connectivity index is 2.62. The van der Waals surface area contributed by atoms with Crippen LogP contribution in [0.2, 0.25) is 0 Å². The Kier molecular flexibility index (Phi) is 5.55. The molecule has 0 spiro atoms. The first kappa shape index (κ1) is 14.9. The molecule has 102 valence electrons. The van der Waals surface area contributed by atoms with Crippen LogP contribution in [0, 0.1) is 5.82 Å². The van der Waals surface area contributed by atoms with Gasteiger partial charge in [-0.2, -0.15) is 0 Å². The van der Waals surface area contributed by atoms with Gasteiger partial charge in [-0.15, -0.1) is 0 Å². The molecule has 0 aromatic heterocycles. The third-order valence-corrected chi connectivity index (χ3v) is 3.14. The van der Waals surface area contributed by atoms with E-state index in [-0.39, 0.29) is 18.2 Å². The maximum atomic E-state index is 13.3. The largest absolute Gasteiger partial charge is 0.492 e. The molecule has 0 aliphatic carbocycles. The van der Waals surface area contributed by atoms with E-state index in [0.29, 0.717) is 12.3 Å². The zero-order chi connectivity index (χ0) is 13.6. The molecule has 0 unspecified atom stereocenters. The smallest absolute Gasteiger partial charge is 0.150 e. The molecule has 4 nitrogen and oxygen atoms in total. The van der Waals surface area contributed by atoms with Gasteiger partial charge in [0.05, 0.1) is 5.75 Å². The van der Waals surface area contributed by atoms with Crippen LogP contribution in [-0.4, -0.2) is 33.6 Å². The minimum atomic E-state index is -3.06. The molecule has 0 aliphatic rings. The fourth-order valence-corrected chi connectivity index (χ4v) is 1.77. The maximum Gasteiger partial charge on any atom is 0.150 e. The van der Waals surface area contributed by atoms with Gasteiger partial charge >= 0.3 is 0 Å². The normalized spacial score (nSPS) is 11.5. The second kappa shape index (κ2) is 6.70. The average molecular weight is 275 g/mol. The molecule has 0 aliphatic heterocycles. The van der Waals surface area contributed by atoms with E-state index >= 15 is 0 Å². The van der Waals surface area contributed by atoms with Crippen molar-refractivity contribution in [2.45, 2.75) is 13.5 Å². The number of ether oxygens (including phenoxy) is 1. The quantitative estimate of drug-likeness (QED) is 0.816. The van der Waals surface area contributed by atoms with Gasteiger partial charge in [-0.05, 0) is 24.2 Å². The van der Waals surface area contributed by atoms with Gasteiger partial charge in [0.1, 0.15) is 18.2 Å². The number of nitrogens with one attached hydrogen (secondary N) is 1. The predicted octanol–water partition coefficient (Wildman–Crippen LogP) is 1.36. The molecule has 0 saturated heterocycles. The monoisotopic (exact) mass is 275 g/mol. The number of sulfone groups is 1. The molecule has 1 aromatic rings. The molecule has 18 heavy (non-hydrogen) atoms. The molecule has 0 bridgehead atoms. The van der Waals surface area contributed by atoms with Crippen molar-refractivity contribution in [3.05, 3.63) is 29.6 Å².